The van der Waals surface area contributed by atoms with E-state index in [9.17, 15) is 9.90 Å². The van der Waals surface area contributed by atoms with Crippen molar-refractivity contribution >= 4 is 17.5 Å². The summed E-state index contributed by atoms with van der Waals surface area (Å²) in [5.41, 5.74) is 3.17. The molecule has 3 rings (SSSR count). The molecule has 2 N–H and O–H groups in total. The number of aromatic carboxylic acids is 1. The zero-order valence-electron chi connectivity index (χ0n) is 15.3. The minimum Gasteiger partial charge on any atom is -0.476 e. The van der Waals surface area contributed by atoms with Crippen molar-refractivity contribution < 1.29 is 9.90 Å². The molecular formula is C20H22N4O2. The molecule has 0 fully saturated rings. The summed E-state index contributed by atoms with van der Waals surface area (Å²) >= 11 is 0. The van der Waals surface area contributed by atoms with Crippen molar-refractivity contribution in [3.05, 3.63) is 65.6 Å². The van der Waals surface area contributed by atoms with Crippen LogP contribution in [0.3, 0.4) is 0 Å². The van der Waals surface area contributed by atoms with Gasteiger partial charge in [0.1, 0.15) is 5.82 Å². The van der Waals surface area contributed by atoms with Gasteiger partial charge >= 0.3 is 5.97 Å². The SMILES string of the molecule is Cc1ccccc1-n1nc(C(C)(C)C)cc1Nc1cccnc1C(=O)O. The lowest BCUT2D eigenvalue weighted by Gasteiger charge is -2.14. The summed E-state index contributed by atoms with van der Waals surface area (Å²) in [5.74, 6) is -0.383. The molecule has 0 aliphatic carbocycles. The lowest BCUT2D eigenvalue weighted by molar-refractivity contribution is 0.0691. The second-order valence-corrected chi connectivity index (χ2v) is 7.19. The Morgan fingerprint density at radius 3 is 2.54 bits per heavy atom. The Balaban J connectivity index is 2.14. The molecule has 6 heteroatoms. The number of anilines is 2. The molecule has 0 aliphatic heterocycles. The third-order valence-electron chi connectivity index (χ3n) is 4.09. The van der Waals surface area contributed by atoms with E-state index >= 15 is 0 Å². The molecular weight excluding hydrogens is 328 g/mol. The molecule has 0 bridgehead atoms. The zero-order chi connectivity index (χ0) is 18.9. The summed E-state index contributed by atoms with van der Waals surface area (Å²) in [7, 11) is 0. The van der Waals surface area contributed by atoms with Crippen LogP contribution < -0.4 is 5.32 Å². The first-order valence-electron chi connectivity index (χ1n) is 8.39. The largest absolute Gasteiger partial charge is 0.476 e. The van der Waals surface area contributed by atoms with Crippen molar-refractivity contribution in [2.24, 2.45) is 0 Å². The summed E-state index contributed by atoms with van der Waals surface area (Å²) < 4.78 is 1.81. The molecule has 0 spiro atoms. The number of nitrogens with one attached hydrogen (secondary N) is 1. The van der Waals surface area contributed by atoms with E-state index < -0.39 is 5.97 Å². The molecule has 0 unspecified atom stereocenters. The van der Waals surface area contributed by atoms with E-state index in [1.54, 1.807) is 12.1 Å². The quantitative estimate of drug-likeness (QED) is 0.733. The summed E-state index contributed by atoms with van der Waals surface area (Å²) in [4.78, 5) is 15.4. The Kier molecular flexibility index (Phi) is 4.50. The first kappa shape index (κ1) is 17.7. The number of aromatic nitrogens is 3. The van der Waals surface area contributed by atoms with Gasteiger partial charge in [0.05, 0.1) is 17.1 Å². The maximum absolute atomic E-state index is 11.5. The maximum Gasteiger partial charge on any atom is 0.356 e. The third-order valence-corrected chi connectivity index (χ3v) is 4.09. The van der Waals surface area contributed by atoms with E-state index in [1.165, 1.54) is 6.20 Å². The van der Waals surface area contributed by atoms with E-state index in [-0.39, 0.29) is 11.1 Å². The number of aryl methyl sites for hydroxylation is 1. The van der Waals surface area contributed by atoms with E-state index in [0.29, 0.717) is 11.5 Å². The summed E-state index contributed by atoms with van der Waals surface area (Å²) in [6, 6.07) is 13.3. The first-order chi connectivity index (χ1) is 12.3. The lowest BCUT2D eigenvalue weighted by atomic mass is 9.92. The van der Waals surface area contributed by atoms with Gasteiger partial charge in [-0.1, -0.05) is 39.0 Å². The molecule has 134 valence electrons. The van der Waals surface area contributed by atoms with Gasteiger partial charge in [-0.3, -0.25) is 0 Å². The number of carboxylic acid groups (broad SMARTS) is 1. The van der Waals surface area contributed by atoms with Crippen LogP contribution in [0.1, 0.15) is 42.5 Å². The van der Waals surface area contributed by atoms with Crippen molar-refractivity contribution in [3.63, 3.8) is 0 Å². The highest BCUT2D eigenvalue weighted by Crippen LogP contribution is 2.29. The fourth-order valence-corrected chi connectivity index (χ4v) is 2.64. The Labute approximate surface area is 152 Å². The molecule has 2 heterocycles. The molecule has 2 aromatic heterocycles. The van der Waals surface area contributed by atoms with Crippen molar-refractivity contribution in [1.29, 1.82) is 0 Å². The average molecular weight is 350 g/mol. The van der Waals surface area contributed by atoms with Crippen molar-refractivity contribution in [3.8, 4) is 5.69 Å². The predicted molar refractivity (Wildman–Crippen MR) is 101 cm³/mol. The molecule has 6 nitrogen and oxygen atoms in total. The normalized spacial score (nSPS) is 11.4. The molecule has 0 atom stereocenters. The number of pyridine rings is 1. The van der Waals surface area contributed by atoms with Gasteiger partial charge in [-0.05, 0) is 30.7 Å². The molecule has 3 aromatic rings. The van der Waals surface area contributed by atoms with E-state index in [2.05, 4.69) is 31.1 Å². The summed E-state index contributed by atoms with van der Waals surface area (Å²) in [5, 5.41) is 17.4. The van der Waals surface area contributed by atoms with Crippen LogP contribution >= 0.6 is 0 Å². The van der Waals surface area contributed by atoms with Gasteiger partial charge in [-0.15, -0.1) is 0 Å². The molecule has 1 aromatic carbocycles. The van der Waals surface area contributed by atoms with Gasteiger partial charge in [-0.2, -0.15) is 5.10 Å². The second kappa shape index (κ2) is 6.63. The van der Waals surface area contributed by atoms with Crippen LogP contribution in [-0.2, 0) is 5.41 Å². The fourth-order valence-electron chi connectivity index (χ4n) is 2.64. The van der Waals surface area contributed by atoms with Gasteiger partial charge in [0.25, 0.3) is 0 Å². The highest BCUT2D eigenvalue weighted by Gasteiger charge is 2.22. The molecule has 0 amide bonds. The smallest absolute Gasteiger partial charge is 0.356 e. The minimum atomic E-state index is -1.08. The van der Waals surface area contributed by atoms with Crippen molar-refractivity contribution in [2.75, 3.05) is 5.32 Å². The van der Waals surface area contributed by atoms with Gasteiger partial charge in [-0.25, -0.2) is 14.5 Å². The van der Waals surface area contributed by atoms with Crippen LogP contribution in [0.2, 0.25) is 0 Å². The fraction of sp³-hybridized carbons (Fsp3) is 0.250. The van der Waals surface area contributed by atoms with Gasteiger partial charge in [0.15, 0.2) is 5.69 Å². The van der Waals surface area contributed by atoms with Crippen LogP contribution in [-0.4, -0.2) is 25.8 Å². The molecule has 0 aliphatic rings. The van der Waals surface area contributed by atoms with E-state index in [4.69, 9.17) is 5.10 Å². The molecule has 26 heavy (non-hydrogen) atoms. The Bertz CT molecular complexity index is 954. The number of para-hydroxylation sites is 1. The molecule has 0 saturated carbocycles. The van der Waals surface area contributed by atoms with Crippen molar-refractivity contribution in [2.45, 2.75) is 33.1 Å². The Morgan fingerprint density at radius 2 is 1.88 bits per heavy atom. The maximum atomic E-state index is 11.5. The van der Waals surface area contributed by atoms with Gasteiger partial charge < -0.3 is 10.4 Å². The summed E-state index contributed by atoms with van der Waals surface area (Å²) in [6.07, 6.45) is 1.47. The van der Waals surface area contributed by atoms with Crippen LogP contribution in [0.4, 0.5) is 11.5 Å². The number of hydrogen-bond donors (Lipinski definition) is 2. The number of rotatable bonds is 4. The van der Waals surface area contributed by atoms with Gasteiger partial charge in [0.2, 0.25) is 0 Å². The van der Waals surface area contributed by atoms with Crippen molar-refractivity contribution in [1.82, 2.24) is 14.8 Å². The van der Waals surface area contributed by atoms with Crippen LogP contribution in [0.5, 0.6) is 0 Å². The van der Waals surface area contributed by atoms with Crippen LogP contribution in [0.15, 0.2) is 48.7 Å². The highest BCUT2D eigenvalue weighted by atomic mass is 16.4. The lowest BCUT2D eigenvalue weighted by Crippen LogP contribution is -2.13. The van der Waals surface area contributed by atoms with Crippen LogP contribution in [0, 0.1) is 6.92 Å². The number of carboxylic acids is 1. The Hall–Kier alpha value is -3.15. The highest BCUT2D eigenvalue weighted by molar-refractivity contribution is 5.92. The monoisotopic (exact) mass is 350 g/mol. The Morgan fingerprint density at radius 1 is 1.15 bits per heavy atom. The molecule has 0 radical (unpaired) electrons. The number of benzene rings is 1. The molecule has 0 saturated heterocycles. The van der Waals surface area contributed by atoms with E-state index in [0.717, 1.165) is 16.9 Å². The van der Waals surface area contributed by atoms with Gasteiger partial charge in [0, 0.05) is 17.7 Å². The summed E-state index contributed by atoms with van der Waals surface area (Å²) in [6.45, 7) is 8.29. The number of carbonyl (C=O) groups is 1. The van der Waals surface area contributed by atoms with E-state index in [1.807, 2.05) is 41.9 Å². The average Bonchev–Trinajstić information content (AvgIpc) is 2.99. The number of nitrogens with zero attached hydrogens (tertiary/aromatic N) is 3. The number of hydrogen-bond acceptors (Lipinski definition) is 4. The first-order valence-corrected chi connectivity index (χ1v) is 8.39. The van der Waals surface area contributed by atoms with Crippen LogP contribution in [0.25, 0.3) is 5.69 Å². The second-order valence-electron chi connectivity index (χ2n) is 7.19. The minimum absolute atomic E-state index is 0.0256. The predicted octanol–water partition coefficient (Wildman–Crippen LogP) is 4.32. The zero-order valence-corrected chi connectivity index (χ0v) is 15.3. The third kappa shape index (κ3) is 3.44. The standard InChI is InChI=1S/C20H22N4O2/c1-13-8-5-6-10-15(13)24-17(12-16(23-24)20(2,3)4)22-14-9-7-11-21-18(14)19(25)26/h5-12,22H,1-4H3,(H,25,26). The topological polar surface area (TPSA) is 80.0 Å².